The van der Waals surface area contributed by atoms with Gasteiger partial charge < -0.3 is 4.90 Å². The second-order valence-electron chi connectivity index (χ2n) is 3.78. The topological polar surface area (TPSA) is 16.1 Å². The van der Waals surface area contributed by atoms with Gasteiger partial charge in [-0.2, -0.15) is 0 Å². The van der Waals surface area contributed by atoms with Gasteiger partial charge in [0.1, 0.15) is 5.82 Å². The molecule has 2 nitrogen and oxygen atoms in total. The van der Waals surface area contributed by atoms with E-state index in [-0.39, 0.29) is 0 Å². The summed E-state index contributed by atoms with van der Waals surface area (Å²) < 4.78 is 0. The minimum absolute atomic E-state index is 0.495. The smallest absolute Gasteiger partial charge is 0.128 e. The van der Waals surface area contributed by atoms with Crippen molar-refractivity contribution in [2.75, 3.05) is 4.90 Å². The Labute approximate surface area is 80.6 Å². The van der Waals surface area contributed by atoms with Crippen molar-refractivity contribution in [1.29, 1.82) is 0 Å². The number of anilines is 1. The molecule has 0 aliphatic rings. The highest BCUT2D eigenvalue weighted by Crippen LogP contribution is 2.15. The molecule has 0 bridgehead atoms. The van der Waals surface area contributed by atoms with Crippen LogP contribution < -0.4 is 4.90 Å². The van der Waals surface area contributed by atoms with Gasteiger partial charge in [0, 0.05) is 18.3 Å². The predicted molar refractivity (Wildman–Crippen MR) is 57.0 cm³/mol. The molecular formula is C11H18N2. The third-order valence-corrected chi connectivity index (χ3v) is 2.03. The van der Waals surface area contributed by atoms with E-state index in [1.807, 2.05) is 18.3 Å². The fourth-order valence-corrected chi connectivity index (χ4v) is 1.63. The Morgan fingerprint density at radius 3 is 2.08 bits per heavy atom. The Hall–Kier alpha value is -1.05. The van der Waals surface area contributed by atoms with E-state index in [4.69, 9.17) is 0 Å². The van der Waals surface area contributed by atoms with Crippen LogP contribution in [0.4, 0.5) is 5.82 Å². The highest BCUT2D eigenvalue weighted by Gasteiger charge is 2.14. The number of hydrogen-bond donors (Lipinski definition) is 0. The molecular weight excluding hydrogens is 160 g/mol. The lowest BCUT2D eigenvalue weighted by Gasteiger charge is -2.31. The van der Waals surface area contributed by atoms with Crippen molar-refractivity contribution in [2.45, 2.75) is 39.8 Å². The van der Waals surface area contributed by atoms with Crippen molar-refractivity contribution in [2.24, 2.45) is 0 Å². The maximum Gasteiger partial charge on any atom is 0.128 e. The molecule has 0 radical (unpaired) electrons. The summed E-state index contributed by atoms with van der Waals surface area (Å²) in [6.07, 6.45) is 1.84. The quantitative estimate of drug-likeness (QED) is 0.707. The second kappa shape index (κ2) is 4.26. The van der Waals surface area contributed by atoms with Crippen LogP contribution in [0.2, 0.25) is 0 Å². The molecule has 1 heterocycles. The molecule has 0 unspecified atom stereocenters. The van der Waals surface area contributed by atoms with Gasteiger partial charge in [-0.3, -0.25) is 0 Å². The summed E-state index contributed by atoms with van der Waals surface area (Å²) in [4.78, 5) is 6.65. The van der Waals surface area contributed by atoms with Gasteiger partial charge in [0.15, 0.2) is 0 Å². The zero-order chi connectivity index (χ0) is 9.84. The average Bonchev–Trinajstić information content (AvgIpc) is 2.04. The molecule has 0 fully saturated rings. The minimum atomic E-state index is 0.495. The third-order valence-electron chi connectivity index (χ3n) is 2.03. The molecule has 0 saturated carbocycles. The highest BCUT2D eigenvalue weighted by atomic mass is 15.2. The summed E-state index contributed by atoms with van der Waals surface area (Å²) in [6.45, 7) is 8.76. The first kappa shape index (κ1) is 10.0. The van der Waals surface area contributed by atoms with Gasteiger partial charge >= 0.3 is 0 Å². The number of pyridine rings is 1. The van der Waals surface area contributed by atoms with Crippen LogP contribution in [0.25, 0.3) is 0 Å². The van der Waals surface area contributed by atoms with Gasteiger partial charge in [-0.15, -0.1) is 0 Å². The van der Waals surface area contributed by atoms with E-state index in [1.54, 1.807) is 0 Å². The van der Waals surface area contributed by atoms with Crippen LogP contribution >= 0.6 is 0 Å². The van der Waals surface area contributed by atoms with E-state index in [1.165, 1.54) is 0 Å². The van der Waals surface area contributed by atoms with Gasteiger partial charge in [0.2, 0.25) is 0 Å². The predicted octanol–water partition coefficient (Wildman–Crippen LogP) is 2.70. The van der Waals surface area contributed by atoms with Crippen molar-refractivity contribution >= 4 is 5.82 Å². The van der Waals surface area contributed by atoms with Crippen LogP contribution in [0.5, 0.6) is 0 Å². The maximum atomic E-state index is 4.35. The summed E-state index contributed by atoms with van der Waals surface area (Å²) in [5, 5.41) is 0. The monoisotopic (exact) mass is 178 g/mol. The van der Waals surface area contributed by atoms with Crippen LogP contribution in [0.3, 0.4) is 0 Å². The molecule has 0 saturated heterocycles. The van der Waals surface area contributed by atoms with E-state index in [0.29, 0.717) is 12.1 Å². The van der Waals surface area contributed by atoms with Gasteiger partial charge in [-0.1, -0.05) is 6.07 Å². The molecule has 1 aromatic rings. The molecule has 13 heavy (non-hydrogen) atoms. The molecule has 0 spiro atoms. The van der Waals surface area contributed by atoms with E-state index in [9.17, 15) is 0 Å². The summed E-state index contributed by atoms with van der Waals surface area (Å²) in [5.41, 5.74) is 0. The van der Waals surface area contributed by atoms with Crippen molar-refractivity contribution in [3.05, 3.63) is 24.4 Å². The summed E-state index contributed by atoms with van der Waals surface area (Å²) in [5.74, 6) is 1.06. The lowest BCUT2D eigenvalue weighted by Crippen LogP contribution is -2.37. The molecule has 0 aliphatic heterocycles. The van der Waals surface area contributed by atoms with Crippen molar-refractivity contribution in [3.63, 3.8) is 0 Å². The lowest BCUT2D eigenvalue weighted by molar-refractivity contribution is 0.600. The Morgan fingerprint density at radius 2 is 1.69 bits per heavy atom. The van der Waals surface area contributed by atoms with E-state index in [2.05, 4.69) is 43.6 Å². The van der Waals surface area contributed by atoms with Crippen molar-refractivity contribution in [3.8, 4) is 0 Å². The van der Waals surface area contributed by atoms with Crippen LogP contribution in [0.1, 0.15) is 27.7 Å². The summed E-state index contributed by atoms with van der Waals surface area (Å²) in [6, 6.07) is 7.02. The van der Waals surface area contributed by atoms with Crippen LogP contribution in [0.15, 0.2) is 24.4 Å². The Bertz CT molecular complexity index is 234. The van der Waals surface area contributed by atoms with Crippen LogP contribution in [-0.2, 0) is 0 Å². The maximum absolute atomic E-state index is 4.35. The fraction of sp³-hybridized carbons (Fsp3) is 0.545. The zero-order valence-electron chi connectivity index (χ0n) is 8.86. The Morgan fingerprint density at radius 1 is 1.08 bits per heavy atom. The highest BCUT2D eigenvalue weighted by molar-refractivity contribution is 5.39. The number of rotatable bonds is 3. The first-order chi connectivity index (χ1) is 6.13. The molecule has 72 valence electrons. The number of nitrogens with zero attached hydrogens (tertiary/aromatic N) is 2. The van der Waals surface area contributed by atoms with Crippen LogP contribution in [-0.4, -0.2) is 17.1 Å². The number of aromatic nitrogens is 1. The minimum Gasteiger partial charge on any atom is -0.352 e. The molecule has 0 aliphatic carbocycles. The normalized spacial score (nSPS) is 10.9. The van der Waals surface area contributed by atoms with Gasteiger partial charge in [0.25, 0.3) is 0 Å². The second-order valence-corrected chi connectivity index (χ2v) is 3.78. The Balaban J connectivity index is 2.89. The molecule has 1 rings (SSSR count). The molecule has 1 aromatic heterocycles. The van der Waals surface area contributed by atoms with Gasteiger partial charge in [0.05, 0.1) is 0 Å². The number of hydrogen-bond acceptors (Lipinski definition) is 2. The van der Waals surface area contributed by atoms with Crippen molar-refractivity contribution in [1.82, 2.24) is 4.98 Å². The standard InChI is InChI=1S/C11H18N2/c1-9(2)13(10(3)4)11-7-5-6-8-12-11/h5-10H,1-4H3. The van der Waals surface area contributed by atoms with Crippen molar-refractivity contribution < 1.29 is 0 Å². The molecule has 0 N–H and O–H groups in total. The van der Waals surface area contributed by atoms with Gasteiger partial charge in [-0.25, -0.2) is 4.98 Å². The van der Waals surface area contributed by atoms with Gasteiger partial charge in [-0.05, 0) is 39.8 Å². The van der Waals surface area contributed by atoms with E-state index >= 15 is 0 Å². The molecule has 0 aromatic carbocycles. The first-order valence-corrected chi connectivity index (χ1v) is 4.82. The molecule has 0 atom stereocenters. The SMILES string of the molecule is CC(C)N(c1ccccn1)C(C)C. The fourth-order valence-electron chi connectivity index (χ4n) is 1.63. The van der Waals surface area contributed by atoms with E-state index < -0.39 is 0 Å². The zero-order valence-corrected chi connectivity index (χ0v) is 8.86. The summed E-state index contributed by atoms with van der Waals surface area (Å²) >= 11 is 0. The molecule has 2 heteroatoms. The van der Waals surface area contributed by atoms with E-state index in [0.717, 1.165) is 5.82 Å². The third kappa shape index (κ3) is 2.44. The molecule has 0 amide bonds. The largest absolute Gasteiger partial charge is 0.352 e. The van der Waals surface area contributed by atoms with Crippen LogP contribution in [0, 0.1) is 0 Å². The lowest BCUT2D eigenvalue weighted by atomic mass is 10.2. The summed E-state index contributed by atoms with van der Waals surface area (Å²) in [7, 11) is 0. The first-order valence-electron chi connectivity index (χ1n) is 4.82. The Kier molecular flexibility index (Phi) is 3.29. The average molecular weight is 178 g/mol.